The molecule has 0 radical (unpaired) electrons. The predicted molar refractivity (Wildman–Crippen MR) is 105 cm³/mol. The molecule has 0 bridgehead atoms. The van der Waals surface area contributed by atoms with Crippen molar-refractivity contribution >= 4 is 5.96 Å². The molecular formula is C20H34N4O. The number of aliphatic imine (C=N–C) groups is 1. The van der Waals surface area contributed by atoms with Crippen molar-refractivity contribution in [1.29, 1.82) is 0 Å². The first kappa shape index (κ1) is 19.6. The van der Waals surface area contributed by atoms with Crippen LogP contribution in [0, 0.1) is 0 Å². The van der Waals surface area contributed by atoms with E-state index in [1.807, 2.05) is 25.1 Å². The second-order valence-corrected chi connectivity index (χ2v) is 6.78. The highest BCUT2D eigenvalue weighted by molar-refractivity contribution is 5.80. The fourth-order valence-electron chi connectivity index (χ4n) is 3.17. The van der Waals surface area contributed by atoms with Gasteiger partial charge in [-0.15, -0.1) is 0 Å². The standard InChI is InChI=1S/C20H34N4O/c1-5-21-20(23-18-11-13-24(14-12-18)16(3)4)22-15-17-9-7-8-10-19(17)25-6-2/h7-10,16,18H,5-6,11-15H2,1-4H3,(H2,21,22,23). The normalized spacial score (nSPS) is 16.9. The van der Waals surface area contributed by atoms with Crippen LogP contribution >= 0.6 is 0 Å². The summed E-state index contributed by atoms with van der Waals surface area (Å²) < 4.78 is 5.70. The molecule has 1 heterocycles. The van der Waals surface area contributed by atoms with Gasteiger partial charge >= 0.3 is 0 Å². The van der Waals surface area contributed by atoms with Gasteiger partial charge in [0.05, 0.1) is 13.2 Å². The van der Waals surface area contributed by atoms with Gasteiger partial charge < -0.3 is 20.3 Å². The van der Waals surface area contributed by atoms with Gasteiger partial charge in [-0.3, -0.25) is 0 Å². The van der Waals surface area contributed by atoms with Crippen LogP contribution in [0.15, 0.2) is 29.3 Å². The summed E-state index contributed by atoms with van der Waals surface area (Å²) in [5.74, 6) is 1.83. The smallest absolute Gasteiger partial charge is 0.191 e. The number of guanidine groups is 1. The first-order valence-corrected chi connectivity index (χ1v) is 9.63. The lowest BCUT2D eigenvalue weighted by Crippen LogP contribution is -2.49. The van der Waals surface area contributed by atoms with Crippen LogP contribution in [0.3, 0.4) is 0 Å². The van der Waals surface area contributed by atoms with Crippen LogP contribution in [0.25, 0.3) is 0 Å². The van der Waals surface area contributed by atoms with Crippen molar-refractivity contribution < 1.29 is 4.74 Å². The van der Waals surface area contributed by atoms with E-state index < -0.39 is 0 Å². The van der Waals surface area contributed by atoms with E-state index in [0.29, 0.717) is 25.2 Å². The summed E-state index contributed by atoms with van der Waals surface area (Å²) in [4.78, 5) is 7.32. The largest absolute Gasteiger partial charge is 0.494 e. The molecule has 1 aromatic rings. The van der Waals surface area contributed by atoms with E-state index in [1.54, 1.807) is 0 Å². The molecule has 0 aromatic heterocycles. The van der Waals surface area contributed by atoms with Gasteiger partial charge in [0.2, 0.25) is 0 Å². The number of likely N-dealkylation sites (tertiary alicyclic amines) is 1. The van der Waals surface area contributed by atoms with Crippen molar-refractivity contribution in [2.24, 2.45) is 4.99 Å². The van der Waals surface area contributed by atoms with Gasteiger partial charge in [0, 0.05) is 37.3 Å². The zero-order chi connectivity index (χ0) is 18.1. The molecule has 1 saturated heterocycles. The van der Waals surface area contributed by atoms with E-state index in [4.69, 9.17) is 9.73 Å². The van der Waals surface area contributed by atoms with Crippen molar-refractivity contribution in [2.45, 2.75) is 59.2 Å². The molecule has 0 spiro atoms. The van der Waals surface area contributed by atoms with Crippen LogP contribution in [0.5, 0.6) is 5.75 Å². The molecule has 1 aromatic carbocycles. The van der Waals surface area contributed by atoms with Crippen molar-refractivity contribution in [3.05, 3.63) is 29.8 Å². The monoisotopic (exact) mass is 346 g/mol. The first-order valence-electron chi connectivity index (χ1n) is 9.63. The Bertz CT molecular complexity index is 536. The Morgan fingerprint density at radius 2 is 1.96 bits per heavy atom. The Kier molecular flexibility index (Phi) is 8.06. The summed E-state index contributed by atoms with van der Waals surface area (Å²) in [5.41, 5.74) is 1.12. The topological polar surface area (TPSA) is 48.9 Å². The summed E-state index contributed by atoms with van der Waals surface area (Å²) in [6, 6.07) is 9.27. The molecule has 0 atom stereocenters. The van der Waals surface area contributed by atoms with Gasteiger partial charge in [0.25, 0.3) is 0 Å². The van der Waals surface area contributed by atoms with Gasteiger partial charge in [0.1, 0.15) is 5.75 Å². The number of hydrogen-bond acceptors (Lipinski definition) is 3. The maximum absolute atomic E-state index is 5.70. The van der Waals surface area contributed by atoms with Gasteiger partial charge in [0.15, 0.2) is 5.96 Å². The summed E-state index contributed by atoms with van der Waals surface area (Å²) >= 11 is 0. The number of nitrogens with zero attached hydrogens (tertiary/aromatic N) is 2. The van der Waals surface area contributed by atoms with Gasteiger partial charge in [-0.25, -0.2) is 4.99 Å². The van der Waals surface area contributed by atoms with E-state index in [-0.39, 0.29) is 0 Å². The molecule has 0 aliphatic carbocycles. The Morgan fingerprint density at radius 1 is 1.24 bits per heavy atom. The summed E-state index contributed by atoms with van der Waals surface area (Å²) in [6.45, 7) is 13.1. The summed E-state index contributed by atoms with van der Waals surface area (Å²) in [5, 5.41) is 6.98. The predicted octanol–water partition coefficient (Wildman–Crippen LogP) is 3.01. The van der Waals surface area contributed by atoms with Gasteiger partial charge in [-0.1, -0.05) is 18.2 Å². The molecule has 0 unspecified atom stereocenters. The van der Waals surface area contributed by atoms with Crippen molar-refractivity contribution in [3.8, 4) is 5.75 Å². The fourth-order valence-corrected chi connectivity index (χ4v) is 3.17. The Labute approximate surface area is 152 Å². The van der Waals surface area contributed by atoms with Crippen LogP contribution < -0.4 is 15.4 Å². The van der Waals surface area contributed by atoms with Crippen LogP contribution in [0.2, 0.25) is 0 Å². The lowest BCUT2D eigenvalue weighted by Gasteiger charge is -2.35. The zero-order valence-corrected chi connectivity index (χ0v) is 16.2. The van der Waals surface area contributed by atoms with E-state index in [1.165, 1.54) is 0 Å². The number of rotatable bonds is 7. The average molecular weight is 347 g/mol. The van der Waals surface area contributed by atoms with Crippen molar-refractivity contribution in [3.63, 3.8) is 0 Å². The van der Waals surface area contributed by atoms with E-state index in [0.717, 1.165) is 49.7 Å². The number of ether oxygens (including phenoxy) is 1. The summed E-state index contributed by atoms with van der Waals surface area (Å²) in [7, 11) is 0. The van der Waals surface area contributed by atoms with Crippen LogP contribution in [0.4, 0.5) is 0 Å². The van der Waals surface area contributed by atoms with Crippen LogP contribution in [-0.4, -0.2) is 49.2 Å². The minimum atomic E-state index is 0.495. The molecule has 1 aliphatic heterocycles. The number of nitrogens with one attached hydrogen (secondary N) is 2. The van der Waals surface area contributed by atoms with E-state index in [9.17, 15) is 0 Å². The molecule has 5 nitrogen and oxygen atoms in total. The van der Waals surface area contributed by atoms with Crippen LogP contribution in [0.1, 0.15) is 46.1 Å². The number of para-hydroxylation sites is 1. The Hall–Kier alpha value is -1.75. The molecule has 1 aliphatic rings. The number of piperidine rings is 1. The minimum Gasteiger partial charge on any atom is -0.494 e. The third kappa shape index (κ3) is 6.24. The Morgan fingerprint density at radius 3 is 2.60 bits per heavy atom. The lowest BCUT2D eigenvalue weighted by molar-refractivity contribution is 0.167. The lowest BCUT2D eigenvalue weighted by atomic mass is 10.0. The zero-order valence-electron chi connectivity index (χ0n) is 16.2. The average Bonchev–Trinajstić information content (AvgIpc) is 2.61. The molecule has 25 heavy (non-hydrogen) atoms. The number of benzene rings is 1. The molecule has 2 N–H and O–H groups in total. The molecule has 0 saturated carbocycles. The first-order chi connectivity index (χ1) is 12.1. The highest BCUT2D eigenvalue weighted by atomic mass is 16.5. The highest BCUT2D eigenvalue weighted by Gasteiger charge is 2.21. The van der Waals surface area contributed by atoms with E-state index in [2.05, 4.69) is 42.4 Å². The Balaban J connectivity index is 1.95. The third-order valence-electron chi connectivity index (χ3n) is 4.62. The SMILES string of the molecule is CCNC(=NCc1ccccc1OCC)NC1CCN(C(C)C)CC1. The highest BCUT2D eigenvalue weighted by Crippen LogP contribution is 2.19. The molecule has 5 heteroatoms. The van der Waals surface area contributed by atoms with Crippen LogP contribution in [-0.2, 0) is 6.54 Å². The molecule has 140 valence electrons. The quantitative estimate of drug-likeness (QED) is 0.589. The van der Waals surface area contributed by atoms with Crippen molar-refractivity contribution in [2.75, 3.05) is 26.2 Å². The molecular weight excluding hydrogens is 312 g/mol. The van der Waals surface area contributed by atoms with E-state index >= 15 is 0 Å². The fraction of sp³-hybridized carbons (Fsp3) is 0.650. The molecule has 1 fully saturated rings. The second-order valence-electron chi connectivity index (χ2n) is 6.78. The summed E-state index contributed by atoms with van der Waals surface area (Å²) in [6.07, 6.45) is 2.33. The number of hydrogen-bond donors (Lipinski definition) is 2. The third-order valence-corrected chi connectivity index (χ3v) is 4.62. The van der Waals surface area contributed by atoms with Crippen molar-refractivity contribution in [1.82, 2.24) is 15.5 Å². The molecule has 2 rings (SSSR count). The minimum absolute atomic E-state index is 0.495. The maximum Gasteiger partial charge on any atom is 0.191 e. The molecule has 0 amide bonds. The van der Waals surface area contributed by atoms with Gasteiger partial charge in [-0.2, -0.15) is 0 Å². The van der Waals surface area contributed by atoms with Gasteiger partial charge in [-0.05, 0) is 46.6 Å². The maximum atomic E-state index is 5.70. The second kappa shape index (κ2) is 10.3.